The van der Waals surface area contributed by atoms with E-state index >= 15 is 0 Å². The first-order valence-corrected chi connectivity index (χ1v) is 7.57. The van der Waals surface area contributed by atoms with Crippen LogP contribution >= 0.6 is 0 Å². The Balaban J connectivity index is 2.04. The summed E-state index contributed by atoms with van der Waals surface area (Å²) in [6.45, 7) is 1.62. The fourth-order valence-corrected chi connectivity index (χ4v) is 3.26. The van der Waals surface area contributed by atoms with Crippen molar-refractivity contribution in [3.05, 3.63) is 76.1 Å². The van der Waals surface area contributed by atoms with Gasteiger partial charge in [0, 0.05) is 19.3 Å². The Labute approximate surface area is 132 Å². The Kier molecular flexibility index (Phi) is 3.03. The minimum Gasteiger partial charge on any atom is -0.461 e. The van der Waals surface area contributed by atoms with Crippen molar-refractivity contribution in [2.75, 3.05) is 0 Å². The van der Waals surface area contributed by atoms with E-state index in [0.29, 0.717) is 28.7 Å². The second-order valence-corrected chi connectivity index (χ2v) is 6.07. The Morgan fingerprint density at radius 3 is 2.57 bits per heavy atom. The summed E-state index contributed by atoms with van der Waals surface area (Å²) in [4.78, 5) is 12.5. The fourth-order valence-electron chi connectivity index (χ4n) is 3.26. The highest BCUT2D eigenvalue weighted by atomic mass is 16.6. The average molecular weight is 309 g/mol. The number of hydrogen-bond acceptors (Lipinski definition) is 4. The molecule has 2 atom stereocenters. The predicted molar refractivity (Wildman–Crippen MR) is 86.6 cm³/mol. The Bertz CT molecular complexity index is 925. The molecule has 4 rings (SSSR count). The molecule has 0 radical (unpaired) electrons. The summed E-state index contributed by atoms with van der Waals surface area (Å²) in [6.07, 6.45) is 0.299. The number of fused-ring (bicyclic) bond motifs is 3. The summed E-state index contributed by atoms with van der Waals surface area (Å²) in [5, 5.41) is 11.2. The first kappa shape index (κ1) is 14.0. The molecule has 0 aliphatic carbocycles. The Morgan fingerprint density at radius 2 is 1.78 bits per heavy atom. The summed E-state index contributed by atoms with van der Waals surface area (Å²) < 4.78 is 11.2. The second kappa shape index (κ2) is 4.96. The van der Waals surface area contributed by atoms with Gasteiger partial charge in [-0.2, -0.15) is 0 Å². The van der Waals surface area contributed by atoms with Crippen molar-refractivity contribution >= 4 is 11.0 Å². The molecular weight excluding hydrogens is 293 g/mol. The lowest BCUT2D eigenvalue weighted by atomic mass is 9.85. The molecule has 23 heavy (non-hydrogen) atoms. The van der Waals surface area contributed by atoms with Gasteiger partial charge in [-0.25, -0.2) is 4.79 Å². The van der Waals surface area contributed by atoms with Crippen molar-refractivity contribution in [1.82, 2.24) is 0 Å². The number of rotatable bonds is 1. The molecule has 4 nitrogen and oxygen atoms in total. The van der Waals surface area contributed by atoms with E-state index in [-0.39, 0.29) is 5.92 Å². The van der Waals surface area contributed by atoms with Crippen LogP contribution in [0.2, 0.25) is 0 Å². The molecule has 116 valence electrons. The maximum atomic E-state index is 12.5. The summed E-state index contributed by atoms with van der Waals surface area (Å²) in [7, 11) is 0. The quantitative estimate of drug-likeness (QED) is 0.700. The molecule has 0 saturated heterocycles. The van der Waals surface area contributed by atoms with Crippen LogP contribution in [-0.4, -0.2) is 10.9 Å². The molecule has 0 amide bonds. The summed E-state index contributed by atoms with van der Waals surface area (Å²) >= 11 is 0. The zero-order valence-corrected chi connectivity index (χ0v) is 12.7. The van der Waals surface area contributed by atoms with Crippen molar-refractivity contribution in [3.63, 3.8) is 0 Å². The van der Waals surface area contributed by atoms with Crippen LogP contribution in [0.15, 0.2) is 63.8 Å². The van der Waals surface area contributed by atoms with Crippen LogP contribution in [-0.2, 0) is 0 Å². The largest absolute Gasteiger partial charge is 0.461 e. The van der Waals surface area contributed by atoms with Gasteiger partial charge >= 0.3 is 5.63 Å². The third-order valence-corrected chi connectivity index (χ3v) is 4.25. The third-order valence-electron chi connectivity index (χ3n) is 4.25. The van der Waals surface area contributed by atoms with Gasteiger partial charge < -0.3 is 14.3 Å². The molecule has 3 aromatic rings. The van der Waals surface area contributed by atoms with Gasteiger partial charge in [0.05, 0.1) is 10.9 Å². The van der Waals surface area contributed by atoms with Gasteiger partial charge in [-0.05, 0) is 17.7 Å². The SMILES string of the molecule is CC1(O)CC(c2ccccc2)c2c(c3ccccc3o[13c]2=O)O1. The normalized spacial score (nSPS) is 23.3. The Hall–Kier alpha value is -2.59. The average Bonchev–Trinajstić information content (AvgIpc) is 2.54. The zero-order chi connectivity index (χ0) is 16.0. The summed E-state index contributed by atoms with van der Waals surface area (Å²) in [5.41, 5.74) is 1.48. The van der Waals surface area contributed by atoms with E-state index in [4.69, 9.17) is 9.15 Å². The predicted octanol–water partition coefficient (Wildman–Crippen LogP) is 3.42. The van der Waals surface area contributed by atoms with Crippen LogP contribution in [0.1, 0.15) is 30.4 Å². The first-order valence-electron chi connectivity index (χ1n) is 7.57. The van der Waals surface area contributed by atoms with Crippen molar-refractivity contribution in [2.24, 2.45) is 0 Å². The maximum Gasteiger partial charge on any atom is 0.343 e. The highest BCUT2D eigenvalue weighted by molar-refractivity contribution is 5.85. The minimum absolute atomic E-state index is 0.268. The molecule has 1 aromatic heterocycles. The summed E-state index contributed by atoms with van der Waals surface area (Å²) in [6, 6.07) is 16.9. The molecule has 2 heterocycles. The number of benzene rings is 2. The van der Waals surface area contributed by atoms with Crippen LogP contribution in [0.3, 0.4) is 0 Å². The molecule has 0 saturated carbocycles. The molecule has 4 heteroatoms. The molecule has 2 aromatic carbocycles. The smallest absolute Gasteiger partial charge is 0.343 e. The maximum absolute atomic E-state index is 12.5. The monoisotopic (exact) mass is 309 g/mol. The Morgan fingerprint density at radius 1 is 1.09 bits per heavy atom. The van der Waals surface area contributed by atoms with Crippen LogP contribution < -0.4 is 10.4 Å². The van der Waals surface area contributed by atoms with Gasteiger partial charge in [0.25, 0.3) is 0 Å². The zero-order valence-electron chi connectivity index (χ0n) is 12.7. The summed E-state index contributed by atoms with van der Waals surface area (Å²) in [5.74, 6) is -1.19. The van der Waals surface area contributed by atoms with Gasteiger partial charge in [-0.1, -0.05) is 42.5 Å². The topological polar surface area (TPSA) is 59.7 Å². The van der Waals surface area contributed by atoms with Crippen molar-refractivity contribution < 1.29 is 14.3 Å². The van der Waals surface area contributed by atoms with Gasteiger partial charge in [-0.15, -0.1) is 0 Å². The molecule has 2 unspecified atom stereocenters. The van der Waals surface area contributed by atoms with Crippen LogP contribution in [0.5, 0.6) is 5.75 Å². The molecule has 0 spiro atoms. The number of hydrogen-bond donors (Lipinski definition) is 1. The van der Waals surface area contributed by atoms with E-state index < -0.39 is 11.4 Å². The van der Waals surface area contributed by atoms with E-state index in [1.807, 2.05) is 42.5 Å². The fraction of sp³-hybridized carbons (Fsp3) is 0.211. The minimum atomic E-state index is -1.34. The lowest BCUT2D eigenvalue weighted by molar-refractivity contribution is -0.136. The van der Waals surface area contributed by atoms with Gasteiger partial charge in [0.2, 0.25) is 5.79 Å². The molecule has 1 aliphatic rings. The van der Waals surface area contributed by atoms with E-state index in [9.17, 15) is 9.90 Å². The van der Waals surface area contributed by atoms with Crippen LogP contribution in [0.25, 0.3) is 11.0 Å². The lowest BCUT2D eigenvalue weighted by Crippen LogP contribution is -2.40. The van der Waals surface area contributed by atoms with Crippen LogP contribution in [0, 0.1) is 0 Å². The molecule has 0 bridgehead atoms. The lowest BCUT2D eigenvalue weighted by Gasteiger charge is -2.36. The second-order valence-electron chi connectivity index (χ2n) is 6.07. The molecule has 1 aliphatic heterocycles. The molecule has 0 fully saturated rings. The first-order chi connectivity index (χ1) is 11.1. The highest BCUT2D eigenvalue weighted by Gasteiger charge is 2.39. The van der Waals surface area contributed by atoms with E-state index in [1.165, 1.54) is 0 Å². The number of aliphatic hydroxyl groups is 1. The van der Waals surface area contributed by atoms with Gasteiger partial charge in [0.1, 0.15) is 11.3 Å². The van der Waals surface area contributed by atoms with Crippen molar-refractivity contribution in [2.45, 2.75) is 25.0 Å². The van der Waals surface area contributed by atoms with E-state index in [2.05, 4.69) is 0 Å². The third kappa shape index (κ3) is 2.32. The van der Waals surface area contributed by atoms with Crippen LogP contribution in [0.4, 0.5) is 0 Å². The van der Waals surface area contributed by atoms with Gasteiger partial charge in [-0.3, -0.25) is 0 Å². The molecular formula is C19H16O4. The molecule has 1 N–H and O–H groups in total. The standard InChI is InChI=1S/C19H16O4/c1-19(21)11-14(12-7-3-2-4-8-12)16-17(23-19)13-9-5-6-10-15(13)22-18(16)20/h2-10,14,21H,11H2,1H3/i18+1. The van der Waals surface area contributed by atoms with Gasteiger partial charge in [0.15, 0.2) is 0 Å². The van der Waals surface area contributed by atoms with E-state index in [0.717, 1.165) is 5.56 Å². The van der Waals surface area contributed by atoms with E-state index in [1.54, 1.807) is 19.1 Å². The number of ether oxygens (including phenoxy) is 1. The van der Waals surface area contributed by atoms with Crippen molar-refractivity contribution in [1.29, 1.82) is 0 Å². The number of para-hydroxylation sites is 1. The highest BCUT2D eigenvalue weighted by Crippen LogP contribution is 2.44. The van der Waals surface area contributed by atoms with Crippen molar-refractivity contribution in [3.8, 4) is 5.75 Å².